The lowest BCUT2D eigenvalue weighted by atomic mass is 10.0. The van der Waals surface area contributed by atoms with Gasteiger partial charge in [0.25, 0.3) is 0 Å². The molecule has 0 aromatic heterocycles. The number of nitrogens with one attached hydrogen (secondary N) is 2. The van der Waals surface area contributed by atoms with E-state index in [2.05, 4.69) is 15.4 Å². The van der Waals surface area contributed by atoms with E-state index >= 15 is 0 Å². The van der Waals surface area contributed by atoms with Crippen molar-refractivity contribution in [2.24, 2.45) is 5.92 Å². The highest BCUT2D eigenvalue weighted by Gasteiger charge is 2.37. The molecule has 1 aromatic rings. The topological polar surface area (TPSA) is 114 Å². The molecule has 0 radical (unpaired) electrons. The van der Waals surface area contributed by atoms with Gasteiger partial charge in [-0.05, 0) is 24.3 Å². The van der Waals surface area contributed by atoms with Crippen LogP contribution in [-0.2, 0) is 30.5 Å². The second-order valence-corrected chi connectivity index (χ2v) is 7.42. The fraction of sp³-hybridized carbons (Fsp3) is 0.524. The maximum atomic E-state index is 12.8. The van der Waals surface area contributed by atoms with E-state index < -0.39 is 36.0 Å². The summed E-state index contributed by atoms with van der Waals surface area (Å²) in [6.07, 6.45) is 0.591. The molecule has 0 spiro atoms. The molecule has 0 aliphatic carbocycles. The molecule has 0 bridgehead atoms. The lowest BCUT2D eigenvalue weighted by molar-refractivity contribution is -0.141. The van der Waals surface area contributed by atoms with Crippen LogP contribution in [0.2, 0.25) is 0 Å². The average Bonchev–Trinajstić information content (AvgIpc) is 3.24. The van der Waals surface area contributed by atoms with Gasteiger partial charge in [-0.2, -0.15) is 0 Å². The van der Waals surface area contributed by atoms with Crippen molar-refractivity contribution in [3.63, 3.8) is 0 Å². The van der Waals surface area contributed by atoms with Crippen LogP contribution in [0.5, 0.6) is 0 Å². The predicted octanol–water partition coefficient (Wildman–Crippen LogP) is 1.22. The molecule has 3 amide bonds. The summed E-state index contributed by atoms with van der Waals surface area (Å²) >= 11 is 0. The number of carbonyl (C=O) groups is 4. The zero-order valence-corrected chi connectivity index (χ0v) is 17.6. The van der Waals surface area contributed by atoms with Crippen molar-refractivity contribution in [2.45, 2.75) is 45.4 Å². The maximum absolute atomic E-state index is 12.8. The van der Waals surface area contributed by atoms with Gasteiger partial charge < -0.3 is 20.1 Å². The summed E-state index contributed by atoms with van der Waals surface area (Å²) in [6.45, 7) is 3.81. The van der Waals surface area contributed by atoms with E-state index in [4.69, 9.17) is 4.74 Å². The summed E-state index contributed by atoms with van der Waals surface area (Å²) < 4.78 is 9.85. The van der Waals surface area contributed by atoms with Crippen LogP contribution in [0.25, 0.3) is 0 Å². The number of nitrogens with zero attached hydrogens (tertiary/aromatic N) is 1. The van der Waals surface area contributed by atoms with Crippen molar-refractivity contribution in [2.75, 3.05) is 20.2 Å². The number of methoxy groups -OCH3 is 1. The van der Waals surface area contributed by atoms with Gasteiger partial charge in [0.2, 0.25) is 11.8 Å². The molecule has 2 rings (SSSR count). The Balaban J connectivity index is 1.94. The van der Waals surface area contributed by atoms with E-state index in [0.29, 0.717) is 19.4 Å². The molecule has 2 N–H and O–H groups in total. The van der Waals surface area contributed by atoms with Crippen LogP contribution in [-0.4, -0.2) is 61.1 Å². The molecular weight excluding hydrogens is 390 g/mol. The molecule has 1 aliphatic rings. The van der Waals surface area contributed by atoms with Gasteiger partial charge in [-0.25, -0.2) is 4.79 Å². The Morgan fingerprint density at radius 1 is 1.17 bits per heavy atom. The number of hydrogen-bond acceptors (Lipinski definition) is 6. The zero-order valence-electron chi connectivity index (χ0n) is 17.6. The van der Waals surface area contributed by atoms with Crippen LogP contribution < -0.4 is 10.6 Å². The van der Waals surface area contributed by atoms with Crippen LogP contribution in [0.15, 0.2) is 30.3 Å². The monoisotopic (exact) mass is 419 g/mol. The Bertz CT molecular complexity index is 752. The van der Waals surface area contributed by atoms with Gasteiger partial charge in [0.15, 0.2) is 0 Å². The first-order valence-electron chi connectivity index (χ1n) is 9.95. The minimum absolute atomic E-state index is 0.120. The van der Waals surface area contributed by atoms with Crippen LogP contribution in [0.3, 0.4) is 0 Å². The SMILES string of the molecule is COC(=O)CNC(=O)[C@@H](NC(=O)[C@H]1CCCN1C(=O)OCc1ccccc1)C(C)C. The minimum atomic E-state index is -0.843. The van der Waals surface area contributed by atoms with Crippen molar-refractivity contribution >= 4 is 23.9 Å². The largest absolute Gasteiger partial charge is 0.468 e. The van der Waals surface area contributed by atoms with E-state index in [1.54, 1.807) is 13.8 Å². The number of amides is 3. The van der Waals surface area contributed by atoms with Gasteiger partial charge >= 0.3 is 12.1 Å². The smallest absolute Gasteiger partial charge is 0.410 e. The quantitative estimate of drug-likeness (QED) is 0.613. The van der Waals surface area contributed by atoms with Crippen molar-refractivity contribution in [1.82, 2.24) is 15.5 Å². The molecule has 164 valence electrons. The summed E-state index contributed by atoms with van der Waals surface area (Å²) in [4.78, 5) is 50.3. The van der Waals surface area contributed by atoms with E-state index in [9.17, 15) is 19.2 Å². The second-order valence-electron chi connectivity index (χ2n) is 7.42. The number of ether oxygens (including phenoxy) is 2. The number of likely N-dealkylation sites (tertiary alicyclic amines) is 1. The molecule has 1 aliphatic heterocycles. The van der Waals surface area contributed by atoms with Gasteiger partial charge in [0.1, 0.15) is 25.2 Å². The summed E-state index contributed by atoms with van der Waals surface area (Å²) in [5.41, 5.74) is 0.855. The molecule has 0 saturated carbocycles. The molecule has 1 aromatic carbocycles. The summed E-state index contributed by atoms with van der Waals surface area (Å²) in [7, 11) is 1.22. The Morgan fingerprint density at radius 2 is 1.87 bits per heavy atom. The minimum Gasteiger partial charge on any atom is -0.468 e. The second kappa shape index (κ2) is 11.2. The fourth-order valence-electron chi connectivity index (χ4n) is 3.19. The van der Waals surface area contributed by atoms with Gasteiger partial charge in [0, 0.05) is 6.54 Å². The lowest BCUT2D eigenvalue weighted by Gasteiger charge is -2.27. The van der Waals surface area contributed by atoms with Crippen molar-refractivity contribution in [3.8, 4) is 0 Å². The molecule has 9 heteroatoms. The van der Waals surface area contributed by atoms with Crippen molar-refractivity contribution in [1.29, 1.82) is 0 Å². The summed E-state index contributed by atoms with van der Waals surface area (Å²) in [5, 5.41) is 5.16. The molecule has 1 fully saturated rings. The van der Waals surface area contributed by atoms with Crippen LogP contribution >= 0.6 is 0 Å². The van der Waals surface area contributed by atoms with Crippen molar-refractivity contribution < 1.29 is 28.7 Å². The first-order valence-corrected chi connectivity index (χ1v) is 9.95. The van der Waals surface area contributed by atoms with Crippen LogP contribution in [0.1, 0.15) is 32.3 Å². The maximum Gasteiger partial charge on any atom is 0.410 e. The summed E-state index contributed by atoms with van der Waals surface area (Å²) in [6, 6.07) is 7.73. The zero-order chi connectivity index (χ0) is 22.1. The molecule has 1 heterocycles. The molecule has 9 nitrogen and oxygen atoms in total. The fourth-order valence-corrected chi connectivity index (χ4v) is 3.19. The van der Waals surface area contributed by atoms with E-state index in [1.807, 2.05) is 30.3 Å². The molecule has 0 unspecified atom stereocenters. The third-order valence-electron chi connectivity index (χ3n) is 4.88. The normalized spacial score (nSPS) is 16.7. The molecule has 2 atom stereocenters. The van der Waals surface area contributed by atoms with E-state index in [-0.39, 0.29) is 19.1 Å². The Kier molecular flexibility index (Phi) is 8.64. The molecule has 30 heavy (non-hydrogen) atoms. The Hall–Kier alpha value is -3.10. The first kappa shape index (κ1) is 23.2. The predicted molar refractivity (Wildman–Crippen MR) is 108 cm³/mol. The lowest BCUT2D eigenvalue weighted by Crippen LogP contribution is -2.55. The van der Waals surface area contributed by atoms with E-state index in [0.717, 1.165) is 5.56 Å². The molecule has 1 saturated heterocycles. The highest BCUT2D eigenvalue weighted by Crippen LogP contribution is 2.20. The highest BCUT2D eigenvalue weighted by atomic mass is 16.6. The molecular formula is C21H29N3O6. The summed E-state index contributed by atoms with van der Waals surface area (Å²) in [5.74, 6) is -1.71. The average molecular weight is 419 g/mol. The Labute approximate surface area is 176 Å². The number of rotatable bonds is 8. The van der Waals surface area contributed by atoms with Gasteiger partial charge in [-0.1, -0.05) is 44.2 Å². The van der Waals surface area contributed by atoms with Gasteiger partial charge in [-0.3, -0.25) is 19.3 Å². The highest BCUT2D eigenvalue weighted by molar-refractivity contribution is 5.92. The third kappa shape index (κ3) is 6.47. The van der Waals surface area contributed by atoms with Crippen molar-refractivity contribution in [3.05, 3.63) is 35.9 Å². The van der Waals surface area contributed by atoms with Gasteiger partial charge in [-0.15, -0.1) is 0 Å². The first-order chi connectivity index (χ1) is 14.3. The number of carbonyl (C=O) groups excluding carboxylic acids is 4. The van der Waals surface area contributed by atoms with Gasteiger partial charge in [0.05, 0.1) is 7.11 Å². The van der Waals surface area contributed by atoms with Crippen LogP contribution in [0.4, 0.5) is 4.79 Å². The Morgan fingerprint density at radius 3 is 2.50 bits per heavy atom. The number of benzene rings is 1. The van der Waals surface area contributed by atoms with E-state index in [1.165, 1.54) is 12.0 Å². The van der Waals surface area contributed by atoms with Crippen LogP contribution in [0, 0.1) is 5.92 Å². The number of esters is 1. The standard InChI is InChI=1S/C21H29N3O6/c1-14(2)18(20(27)22-12-17(25)29-3)23-19(26)16-10-7-11-24(16)21(28)30-13-15-8-5-4-6-9-15/h4-6,8-9,14,16,18H,7,10-13H2,1-3H3,(H,22,27)(H,23,26)/t16-,18+/m1/s1. The third-order valence-corrected chi connectivity index (χ3v) is 4.88. The number of hydrogen-bond donors (Lipinski definition) is 2.